The third-order valence-electron chi connectivity index (χ3n) is 8.21. The number of aromatic nitrogens is 4. The summed E-state index contributed by atoms with van der Waals surface area (Å²) < 4.78 is 0. The first-order chi connectivity index (χ1) is 17.9. The number of aromatic amines is 4. The van der Waals surface area contributed by atoms with Crippen molar-refractivity contribution in [1.29, 1.82) is 0 Å². The SMILES string of the molecule is CCCc1c2[nH]c(c1C)C=c1[nH]c(c(C)c1CC)=Cc1[nH]c(cc1CC)C=c1[nH]c(c(CCC)c1C)=C2. The smallest absolute Gasteiger partial charge is 0.0441 e. The number of H-pyrrole nitrogens is 4. The lowest BCUT2D eigenvalue weighted by Gasteiger charge is -2.01. The second-order valence-electron chi connectivity index (χ2n) is 10.6. The number of nitrogens with one attached hydrogen (secondary N) is 4. The summed E-state index contributed by atoms with van der Waals surface area (Å²) in [5, 5.41) is 4.81. The summed E-state index contributed by atoms with van der Waals surface area (Å²) in [7, 11) is 0. The van der Waals surface area contributed by atoms with Crippen LogP contribution in [0.5, 0.6) is 0 Å². The lowest BCUT2D eigenvalue weighted by Crippen LogP contribution is -2.13. The van der Waals surface area contributed by atoms with Crippen LogP contribution in [0.3, 0.4) is 0 Å². The molecule has 0 aromatic carbocycles. The lowest BCUT2D eigenvalue weighted by atomic mass is 10.0. The zero-order valence-electron chi connectivity index (χ0n) is 23.6. The van der Waals surface area contributed by atoms with Crippen LogP contribution in [-0.4, -0.2) is 19.9 Å². The van der Waals surface area contributed by atoms with Gasteiger partial charge in [0.15, 0.2) is 0 Å². The zero-order chi connectivity index (χ0) is 26.3. The third-order valence-corrected chi connectivity index (χ3v) is 8.21. The summed E-state index contributed by atoms with van der Waals surface area (Å²) in [6, 6.07) is 2.30. The molecule has 0 aliphatic carbocycles. The molecule has 0 saturated heterocycles. The maximum atomic E-state index is 3.82. The van der Waals surface area contributed by atoms with Crippen LogP contribution in [-0.2, 0) is 25.7 Å². The molecule has 4 N–H and O–H groups in total. The first kappa shape index (κ1) is 25.3. The van der Waals surface area contributed by atoms with Gasteiger partial charge in [0, 0.05) is 44.2 Å². The molecule has 0 atom stereocenters. The Morgan fingerprint density at radius 1 is 0.514 bits per heavy atom. The van der Waals surface area contributed by atoms with Crippen molar-refractivity contribution in [3.8, 4) is 0 Å². The Kier molecular flexibility index (Phi) is 6.94. The number of rotatable bonds is 6. The molecule has 4 aromatic rings. The first-order valence-electron chi connectivity index (χ1n) is 14.1. The van der Waals surface area contributed by atoms with E-state index >= 15 is 0 Å². The molecule has 1 aliphatic heterocycles. The summed E-state index contributed by atoms with van der Waals surface area (Å²) in [6.45, 7) is 15.8. The highest BCUT2D eigenvalue weighted by atomic mass is 14.8. The Labute approximate surface area is 220 Å². The molecule has 0 fully saturated rings. The van der Waals surface area contributed by atoms with E-state index in [1.807, 2.05) is 0 Å². The standard InChI is InChI=1S/C33H42N4/c1-8-12-25-20(6)27-15-23-14-22(10-3)30(34-23)16-28-19(5)24(11-4)31(36-28)17-29-21(7)26(13-9-2)33(37-29)18-32(25)35-27/h14-18,34-37H,8-13H2,1-7H3. The Balaban J connectivity index is 1.92. The van der Waals surface area contributed by atoms with E-state index in [0.717, 1.165) is 44.2 Å². The molecule has 4 aromatic heterocycles. The molecule has 194 valence electrons. The number of hydrogen-bond acceptors (Lipinski definition) is 0. The average Bonchev–Trinajstić information content (AvgIpc) is 3.57. The lowest BCUT2D eigenvalue weighted by molar-refractivity contribution is 0.906. The largest absolute Gasteiger partial charge is 0.355 e. The highest BCUT2D eigenvalue weighted by molar-refractivity contribution is 5.64. The van der Waals surface area contributed by atoms with Crippen molar-refractivity contribution in [3.05, 3.63) is 89.2 Å². The van der Waals surface area contributed by atoms with Crippen molar-refractivity contribution in [2.24, 2.45) is 0 Å². The van der Waals surface area contributed by atoms with Crippen molar-refractivity contribution < 1.29 is 0 Å². The minimum absolute atomic E-state index is 0.990. The van der Waals surface area contributed by atoms with Gasteiger partial charge < -0.3 is 19.9 Å². The summed E-state index contributed by atoms with van der Waals surface area (Å²) in [6.07, 6.45) is 15.6. The molecule has 5 rings (SSSR count). The van der Waals surface area contributed by atoms with Gasteiger partial charge in [-0.25, -0.2) is 0 Å². The Morgan fingerprint density at radius 3 is 1.78 bits per heavy atom. The molecule has 1 aliphatic rings. The zero-order valence-corrected chi connectivity index (χ0v) is 23.6. The third kappa shape index (κ3) is 4.47. The van der Waals surface area contributed by atoms with Crippen molar-refractivity contribution in [1.82, 2.24) is 19.9 Å². The highest BCUT2D eigenvalue weighted by Crippen LogP contribution is 2.22. The van der Waals surface area contributed by atoms with Crippen LogP contribution in [0, 0.1) is 20.8 Å². The van der Waals surface area contributed by atoms with E-state index in [-0.39, 0.29) is 0 Å². The molecule has 0 amide bonds. The fraction of sp³-hybridized carbons (Fsp3) is 0.394. The van der Waals surface area contributed by atoms with Crippen molar-refractivity contribution in [2.45, 2.75) is 87.0 Å². The average molecular weight is 495 g/mol. The van der Waals surface area contributed by atoms with Crippen molar-refractivity contribution >= 4 is 24.3 Å². The van der Waals surface area contributed by atoms with Crippen LogP contribution in [0.1, 0.15) is 102 Å². The summed E-state index contributed by atoms with van der Waals surface area (Å²) in [5.74, 6) is 0. The van der Waals surface area contributed by atoms with Gasteiger partial charge >= 0.3 is 0 Å². The van der Waals surface area contributed by atoms with Gasteiger partial charge in [0.05, 0.1) is 0 Å². The molecule has 4 nitrogen and oxygen atoms in total. The van der Waals surface area contributed by atoms with Crippen molar-refractivity contribution in [3.63, 3.8) is 0 Å². The predicted molar refractivity (Wildman–Crippen MR) is 157 cm³/mol. The summed E-state index contributed by atoms with van der Waals surface area (Å²) in [5.41, 5.74) is 14.4. The first-order valence-corrected chi connectivity index (χ1v) is 14.1. The Bertz CT molecular complexity index is 1690. The molecular formula is C33H42N4. The Morgan fingerprint density at radius 2 is 1.11 bits per heavy atom. The van der Waals surface area contributed by atoms with E-state index in [1.54, 1.807) is 0 Å². The van der Waals surface area contributed by atoms with Gasteiger partial charge in [-0.3, -0.25) is 0 Å². The summed E-state index contributed by atoms with van der Waals surface area (Å²) >= 11 is 0. The van der Waals surface area contributed by atoms with E-state index in [1.165, 1.54) is 77.4 Å². The van der Waals surface area contributed by atoms with Gasteiger partial charge in [-0.1, -0.05) is 40.5 Å². The van der Waals surface area contributed by atoms with E-state index < -0.39 is 0 Å². The summed E-state index contributed by atoms with van der Waals surface area (Å²) in [4.78, 5) is 15.1. The van der Waals surface area contributed by atoms with Gasteiger partial charge in [-0.15, -0.1) is 0 Å². The number of hydrogen-bond donors (Lipinski definition) is 4. The minimum Gasteiger partial charge on any atom is -0.355 e. The van der Waals surface area contributed by atoms with Crippen LogP contribution in [0.4, 0.5) is 0 Å². The molecule has 0 unspecified atom stereocenters. The maximum absolute atomic E-state index is 3.82. The van der Waals surface area contributed by atoms with Crippen LogP contribution in [0.2, 0.25) is 0 Å². The molecule has 0 radical (unpaired) electrons. The van der Waals surface area contributed by atoms with E-state index in [9.17, 15) is 0 Å². The van der Waals surface area contributed by atoms with E-state index in [0.29, 0.717) is 0 Å². The molecular weight excluding hydrogens is 452 g/mol. The Hall–Kier alpha value is -3.40. The fourth-order valence-electron chi connectivity index (χ4n) is 6.06. The van der Waals surface area contributed by atoms with Crippen LogP contribution in [0.15, 0.2) is 6.07 Å². The normalized spacial score (nSPS) is 12.6. The quantitative estimate of drug-likeness (QED) is 0.267. The second-order valence-corrected chi connectivity index (χ2v) is 10.6. The second kappa shape index (κ2) is 10.2. The number of aryl methyl sites for hydroxylation is 1. The number of fused-ring (bicyclic) bond motifs is 8. The van der Waals surface area contributed by atoms with Gasteiger partial charge in [-0.05, 0) is 116 Å². The molecule has 0 spiro atoms. The van der Waals surface area contributed by atoms with E-state index in [4.69, 9.17) is 0 Å². The molecule has 37 heavy (non-hydrogen) atoms. The molecule has 8 bridgehead atoms. The predicted octanol–water partition coefficient (Wildman–Crippen LogP) is 4.58. The minimum atomic E-state index is 0.990. The van der Waals surface area contributed by atoms with Gasteiger partial charge in [0.1, 0.15) is 0 Å². The maximum Gasteiger partial charge on any atom is 0.0441 e. The van der Waals surface area contributed by atoms with Crippen LogP contribution in [0.25, 0.3) is 24.3 Å². The van der Waals surface area contributed by atoms with Crippen LogP contribution < -0.4 is 21.4 Å². The molecule has 0 saturated carbocycles. The monoisotopic (exact) mass is 494 g/mol. The highest BCUT2D eigenvalue weighted by Gasteiger charge is 2.14. The van der Waals surface area contributed by atoms with Gasteiger partial charge in [0.25, 0.3) is 0 Å². The van der Waals surface area contributed by atoms with E-state index in [2.05, 4.69) is 98.8 Å². The molecule has 5 heterocycles. The molecule has 4 heteroatoms. The fourth-order valence-corrected chi connectivity index (χ4v) is 6.06. The van der Waals surface area contributed by atoms with Gasteiger partial charge in [0.2, 0.25) is 0 Å². The van der Waals surface area contributed by atoms with Gasteiger partial charge in [-0.2, -0.15) is 0 Å². The van der Waals surface area contributed by atoms with Crippen LogP contribution >= 0.6 is 0 Å². The topological polar surface area (TPSA) is 63.2 Å². The van der Waals surface area contributed by atoms with Crippen molar-refractivity contribution in [2.75, 3.05) is 0 Å².